The van der Waals surface area contributed by atoms with Crippen LogP contribution in [0.4, 0.5) is 4.79 Å². The van der Waals surface area contributed by atoms with Crippen LogP contribution < -0.4 is 14.8 Å². The van der Waals surface area contributed by atoms with Gasteiger partial charge < -0.3 is 9.47 Å². The van der Waals surface area contributed by atoms with Crippen LogP contribution in [-0.2, 0) is 16.2 Å². The summed E-state index contributed by atoms with van der Waals surface area (Å²) in [4.78, 5) is 39.2. The van der Waals surface area contributed by atoms with Crippen LogP contribution in [0.2, 0.25) is 5.02 Å². The number of hydrogen-bond acceptors (Lipinski definition) is 5. The van der Waals surface area contributed by atoms with E-state index in [1.54, 1.807) is 30.3 Å². The number of hydrogen-bond donors (Lipinski definition) is 1. The number of halogens is 1. The van der Waals surface area contributed by atoms with E-state index in [0.29, 0.717) is 35.3 Å². The number of carbonyl (C=O) groups is 3. The highest BCUT2D eigenvalue weighted by Crippen LogP contribution is 2.31. The van der Waals surface area contributed by atoms with Gasteiger partial charge >= 0.3 is 6.03 Å². The van der Waals surface area contributed by atoms with Gasteiger partial charge in [-0.05, 0) is 61.2 Å². The SMILES string of the molecule is CCOc1cc(C=C2C(=O)NC(=O)N(C3CCCCC3)C2=O)ccc1OCc1ccc(Cl)cc1. The zero-order valence-corrected chi connectivity index (χ0v) is 19.8. The minimum absolute atomic E-state index is 0.0672. The zero-order chi connectivity index (χ0) is 24.1. The molecule has 0 bridgehead atoms. The van der Waals surface area contributed by atoms with E-state index < -0.39 is 17.8 Å². The number of nitrogens with one attached hydrogen (secondary N) is 1. The molecule has 1 aliphatic carbocycles. The highest BCUT2D eigenvalue weighted by atomic mass is 35.5. The van der Waals surface area contributed by atoms with Crippen LogP contribution in [0.15, 0.2) is 48.0 Å². The minimum Gasteiger partial charge on any atom is -0.490 e. The average molecular weight is 483 g/mol. The van der Waals surface area contributed by atoms with Crippen molar-refractivity contribution in [1.29, 1.82) is 0 Å². The van der Waals surface area contributed by atoms with Crippen LogP contribution >= 0.6 is 11.6 Å². The van der Waals surface area contributed by atoms with E-state index in [0.717, 1.165) is 37.7 Å². The number of benzene rings is 2. The van der Waals surface area contributed by atoms with E-state index in [9.17, 15) is 14.4 Å². The average Bonchev–Trinajstić information content (AvgIpc) is 2.83. The van der Waals surface area contributed by atoms with Crippen molar-refractivity contribution in [1.82, 2.24) is 10.2 Å². The minimum atomic E-state index is -0.692. The normalized spacial score (nSPS) is 18.2. The fourth-order valence-electron chi connectivity index (χ4n) is 4.25. The number of amides is 4. The Balaban J connectivity index is 1.56. The van der Waals surface area contributed by atoms with E-state index in [1.807, 2.05) is 19.1 Å². The smallest absolute Gasteiger partial charge is 0.331 e. The van der Waals surface area contributed by atoms with Crippen LogP contribution in [0.25, 0.3) is 6.08 Å². The van der Waals surface area contributed by atoms with Gasteiger partial charge in [-0.15, -0.1) is 0 Å². The van der Waals surface area contributed by atoms with Gasteiger partial charge in [-0.1, -0.05) is 49.1 Å². The number of urea groups is 1. The molecule has 2 aromatic carbocycles. The van der Waals surface area contributed by atoms with E-state index >= 15 is 0 Å². The van der Waals surface area contributed by atoms with Crippen LogP contribution in [0.5, 0.6) is 11.5 Å². The Kier molecular flexibility index (Phi) is 7.53. The Hall–Kier alpha value is -3.32. The van der Waals surface area contributed by atoms with Crippen molar-refractivity contribution < 1.29 is 23.9 Å². The lowest BCUT2D eigenvalue weighted by molar-refractivity contribution is -0.132. The molecule has 2 fully saturated rings. The summed E-state index contributed by atoms with van der Waals surface area (Å²) in [7, 11) is 0. The highest BCUT2D eigenvalue weighted by Gasteiger charge is 2.40. The monoisotopic (exact) mass is 482 g/mol. The number of imide groups is 2. The molecule has 0 aromatic heterocycles. The Morgan fingerprint density at radius 1 is 1.00 bits per heavy atom. The molecule has 34 heavy (non-hydrogen) atoms. The summed E-state index contributed by atoms with van der Waals surface area (Å²) in [5.41, 5.74) is 1.48. The molecular formula is C26H27ClN2O5. The summed E-state index contributed by atoms with van der Waals surface area (Å²) in [5, 5.41) is 2.97. The quantitative estimate of drug-likeness (QED) is 0.437. The van der Waals surface area contributed by atoms with Gasteiger partial charge in [0.2, 0.25) is 0 Å². The molecule has 2 aliphatic rings. The molecule has 0 unspecified atom stereocenters. The molecule has 4 amide bonds. The molecule has 1 aliphatic heterocycles. The molecule has 1 saturated carbocycles. The van der Waals surface area contributed by atoms with Crippen LogP contribution in [0, 0.1) is 0 Å². The van der Waals surface area contributed by atoms with Crippen molar-refractivity contribution in [2.24, 2.45) is 0 Å². The molecule has 1 N–H and O–H groups in total. The molecule has 7 nitrogen and oxygen atoms in total. The topological polar surface area (TPSA) is 84.9 Å². The fourth-order valence-corrected chi connectivity index (χ4v) is 4.38. The Bertz CT molecular complexity index is 1110. The summed E-state index contributed by atoms with van der Waals surface area (Å²) in [6.45, 7) is 2.61. The van der Waals surface area contributed by atoms with E-state index in [2.05, 4.69) is 5.32 Å². The van der Waals surface area contributed by atoms with E-state index in [4.69, 9.17) is 21.1 Å². The van der Waals surface area contributed by atoms with Gasteiger partial charge in [0.05, 0.1) is 6.61 Å². The molecule has 4 rings (SSSR count). The molecule has 1 saturated heterocycles. The largest absolute Gasteiger partial charge is 0.490 e. The third-order valence-corrected chi connectivity index (χ3v) is 6.21. The number of ether oxygens (including phenoxy) is 2. The first-order chi connectivity index (χ1) is 16.5. The number of nitrogens with zero attached hydrogens (tertiary/aromatic N) is 1. The van der Waals surface area contributed by atoms with Crippen molar-refractivity contribution in [3.05, 3.63) is 64.2 Å². The number of carbonyl (C=O) groups excluding carboxylic acids is 3. The Morgan fingerprint density at radius 3 is 2.44 bits per heavy atom. The maximum atomic E-state index is 13.1. The standard InChI is InChI=1S/C26H27ClN2O5/c1-2-33-23-15-18(10-13-22(23)34-16-17-8-11-19(27)12-9-17)14-21-24(30)28-26(32)29(25(21)31)20-6-4-3-5-7-20/h8-15,20H,2-7,16H2,1H3,(H,28,30,32). The number of rotatable bonds is 7. The maximum Gasteiger partial charge on any atom is 0.331 e. The lowest BCUT2D eigenvalue weighted by atomic mass is 9.93. The Labute approximate surface area is 203 Å². The van der Waals surface area contributed by atoms with Gasteiger partial charge in [0, 0.05) is 11.1 Å². The molecule has 0 spiro atoms. The summed E-state index contributed by atoms with van der Waals surface area (Å²) in [5.74, 6) is -0.211. The molecule has 0 atom stereocenters. The van der Waals surface area contributed by atoms with Crippen molar-refractivity contribution in [3.8, 4) is 11.5 Å². The third kappa shape index (κ3) is 5.42. The van der Waals surface area contributed by atoms with Gasteiger partial charge in [0.15, 0.2) is 11.5 Å². The van der Waals surface area contributed by atoms with E-state index in [-0.39, 0.29) is 11.6 Å². The second-order valence-electron chi connectivity index (χ2n) is 8.34. The molecule has 0 radical (unpaired) electrons. The van der Waals surface area contributed by atoms with Gasteiger partial charge in [0.1, 0.15) is 12.2 Å². The number of barbiturate groups is 1. The molecule has 8 heteroatoms. The van der Waals surface area contributed by atoms with Crippen molar-refractivity contribution in [3.63, 3.8) is 0 Å². The molecular weight excluding hydrogens is 456 g/mol. The lowest BCUT2D eigenvalue weighted by Gasteiger charge is -2.35. The predicted octanol–water partition coefficient (Wildman–Crippen LogP) is 5.11. The van der Waals surface area contributed by atoms with Crippen molar-refractivity contribution in [2.75, 3.05) is 6.61 Å². The van der Waals surface area contributed by atoms with Gasteiger partial charge in [-0.25, -0.2) is 4.79 Å². The summed E-state index contributed by atoms with van der Waals surface area (Å²) in [6.07, 6.45) is 6.03. The molecule has 2 aromatic rings. The first-order valence-corrected chi connectivity index (χ1v) is 11.9. The van der Waals surface area contributed by atoms with Crippen LogP contribution in [0.1, 0.15) is 50.2 Å². The van der Waals surface area contributed by atoms with Gasteiger partial charge in [0.25, 0.3) is 11.8 Å². The Morgan fingerprint density at radius 2 is 1.74 bits per heavy atom. The summed E-state index contributed by atoms with van der Waals surface area (Å²) >= 11 is 5.93. The first-order valence-electron chi connectivity index (χ1n) is 11.5. The lowest BCUT2D eigenvalue weighted by Crippen LogP contribution is -2.58. The first kappa shape index (κ1) is 23.8. The molecule has 1 heterocycles. The van der Waals surface area contributed by atoms with Crippen molar-refractivity contribution in [2.45, 2.75) is 51.7 Å². The maximum absolute atomic E-state index is 13.1. The predicted molar refractivity (Wildman–Crippen MR) is 129 cm³/mol. The third-order valence-electron chi connectivity index (χ3n) is 5.96. The second kappa shape index (κ2) is 10.7. The molecule has 178 valence electrons. The highest BCUT2D eigenvalue weighted by molar-refractivity contribution is 6.31. The van der Waals surface area contributed by atoms with Gasteiger partial charge in [-0.3, -0.25) is 19.8 Å². The van der Waals surface area contributed by atoms with Crippen LogP contribution in [0.3, 0.4) is 0 Å². The summed E-state index contributed by atoms with van der Waals surface area (Å²) in [6, 6.07) is 11.7. The second-order valence-corrected chi connectivity index (χ2v) is 8.78. The fraction of sp³-hybridized carbons (Fsp3) is 0.346. The van der Waals surface area contributed by atoms with Gasteiger partial charge in [-0.2, -0.15) is 0 Å². The van der Waals surface area contributed by atoms with E-state index in [1.165, 1.54) is 11.0 Å². The van der Waals surface area contributed by atoms with Crippen LogP contribution in [-0.4, -0.2) is 35.4 Å². The zero-order valence-electron chi connectivity index (χ0n) is 19.0. The summed E-state index contributed by atoms with van der Waals surface area (Å²) < 4.78 is 11.7. The van der Waals surface area contributed by atoms with Crippen molar-refractivity contribution >= 4 is 35.5 Å².